The van der Waals surface area contributed by atoms with Crippen molar-refractivity contribution in [1.82, 2.24) is 35.0 Å². The van der Waals surface area contributed by atoms with Crippen molar-refractivity contribution in [3.63, 3.8) is 0 Å². The lowest BCUT2D eigenvalue weighted by Gasteiger charge is -2.28. The second-order valence-corrected chi connectivity index (χ2v) is 11.9. The lowest BCUT2D eigenvalue weighted by Crippen LogP contribution is -2.43. The number of anilines is 3. The van der Waals surface area contributed by atoms with Gasteiger partial charge in [-0.2, -0.15) is 10.4 Å². The largest absolute Gasteiger partial charge is 0.377 e. The number of aromatic amines is 1. The topological polar surface area (TPSA) is 195 Å². The van der Waals surface area contributed by atoms with E-state index < -0.39 is 24.1 Å². The molecule has 250 valence electrons. The van der Waals surface area contributed by atoms with Crippen molar-refractivity contribution in [1.29, 1.82) is 5.26 Å². The zero-order valence-electron chi connectivity index (χ0n) is 26.5. The summed E-state index contributed by atoms with van der Waals surface area (Å²) < 4.78 is 11.8. The van der Waals surface area contributed by atoms with Crippen molar-refractivity contribution in [3.05, 3.63) is 58.6 Å². The molecule has 0 bridgehead atoms. The number of carbonyl (C=O) groups excluding carboxylic acids is 3. The van der Waals surface area contributed by atoms with E-state index in [1.54, 1.807) is 25.3 Å². The average molecular weight is 684 g/mol. The summed E-state index contributed by atoms with van der Waals surface area (Å²) in [5, 5.41) is 19.2. The number of nitriles is 1. The first-order chi connectivity index (χ1) is 23.8. The van der Waals surface area contributed by atoms with Crippen molar-refractivity contribution in [2.24, 2.45) is 0 Å². The summed E-state index contributed by atoms with van der Waals surface area (Å²) in [6.07, 6.45) is 3.13. The lowest BCUT2D eigenvalue weighted by molar-refractivity contribution is -0.122. The van der Waals surface area contributed by atoms with Crippen LogP contribution in [-0.4, -0.2) is 104 Å². The highest BCUT2D eigenvalue weighted by Gasteiger charge is 2.53. The molecular formula is C32H30ClN11O5. The summed E-state index contributed by atoms with van der Waals surface area (Å²) in [5.41, 5.74) is 3.74. The third-order valence-corrected chi connectivity index (χ3v) is 9.20. The fourth-order valence-corrected chi connectivity index (χ4v) is 6.46. The monoisotopic (exact) mass is 683 g/mol. The molecule has 2 fully saturated rings. The highest BCUT2D eigenvalue weighted by Crippen LogP contribution is 2.37. The Kier molecular flexibility index (Phi) is 8.63. The number of hydrogen-bond donors (Lipinski definition) is 2. The summed E-state index contributed by atoms with van der Waals surface area (Å²) in [5.74, 6) is 0.795. The maximum absolute atomic E-state index is 13.4. The van der Waals surface area contributed by atoms with Gasteiger partial charge < -0.3 is 19.7 Å². The molecule has 16 nitrogen and oxygen atoms in total. The molecular weight excluding hydrogens is 654 g/mol. The number of H-pyrrole nitrogens is 1. The minimum Gasteiger partial charge on any atom is -0.377 e. The van der Waals surface area contributed by atoms with Crippen molar-refractivity contribution in [2.75, 3.05) is 54.6 Å². The van der Waals surface area contributed by atoms with Gasteiger partial charge in [0.05, 0.1) is 67.2 Å². The number of aryl methyl sites for hydroxylation is 1. The lowest BCUT2D eigenvalue weighted by atomic mass is 10.1. The minimum absolute atomic E-state index is 0.0770. The van der Waals surface area contributed by atoms with Gasteiger partial charge in [-0.1, -0.05) is 11.6 Å². The van der Waals surface area contributed by atoms with E-state index in [-0.39, 0.29) is 49.4 Å². The van der Waals surface area contributed by atoms with Gasteiger partial charge in [0.15, 0.2) is 17.5 Å². The third-order valence-electron chi connectivity index (χ3n) is 8.71. The van der Waals surface area contributed by atoms with E-state index in [9.17, 15) is 19.6 Å². The summed E-state index contributed by atoms with van der Waals surface area (Å²) in [6, 6.07) is 7.53. The van der Waals surface area contributed by atoms with E-state index in [1.165, 1.54) is 22.2 Å². The molecule has 17 heteroatoms. The molecule has 0 spiro atoms. The summed E-state index contributed by atoms with van der Waals surface area (Å²) in [4.78, 5) is 61.7. The summed E-state index contributed by atoms with van der Waals surface area (Å²) >= 11 is 6.31. The molecule has 2 N–H and O–H groups in total. The van der Waals surface area contributed by atoms with Crippen LogP contribution in [0, 0.1) is 25.2 Å². The Balaban J connectivity index is 0.945. The Morgan fingerprint density at radius 2 is 1.92 bits per heavy atom. The molecule has 3 aliphatic heterocycles. The van der Waals surface area contributed by atoms with Gasteiger partial charge in [-0.15, -0.1) is 0 Å². The van der Waals surface area contributed by atoms with Crippen LogP contribution in [0.3, 0.4) is 0 Å². The summed E-state index contributed by atoms with van der Waals surface area (Å²) in [6.45, 7) is 4.81. The van der Waals surface area contributed by atoms with Crippen LogP contribution in [0.4, 0.5) is 22.1 Å². The molecule has 0 unspecified atom stereocenters. The van der Waals surface area contributed by atoms with Gasteiger partial charge in [-0.3, -0.25) is 19.6 Å². The van der Waals surface area contributed by atoms with Gasteiger partial charge in [0.25, 0.3) is 5.91 Å². The fraction of sp³-hybridized carbons (Fsp3) is 0.344. The number of imide groups is 1. The molecule has 1 aromatic carbocycles. The number of pyridine rings is 1. The van der Waals surface area contributed by atoms with Gasteiger partial charge >= 0.3 is 6.03 Å². The minimum atomic E-state index is -0.763. The summed E-state index contributed by atoms with van der Waals surface area (Å²) in [7, 11) is 0. The first-order valence-corrected chi connectivity index (χ1v) is 15.9. The highest BCUT2D eigenvalue weighted by atomic mass is 35.5. The number of amides is 4. The predicted molar refractivity (Wildman–Crippen MR) is 176 cm³/mol. The molecule has 0 saturated carbocycles. The van der Waals surface area contributed by atoms with E-state index >= 15 is 0 Å². The number of nitrogens with zero attached hydrogens (tertiary/aromatic N) is 9. The Bertz CT molecular complexity index is 2000. The van der Waals surface area contributed by atoms with E-state index in [4.69, 9.17) is 26.1 Å². The number of aromatic nitrogens is 6. The molecule has 4 amide bonds. The van der Waals surface area contributed by atoms with Gasteiger partial charge in [0.2, 0.25) is 5.91 Å². The van der Waals surface area contributed by atoms with Crippen molar-refractivity contribution in [2.45, 2.75) is 32.4 Å². The molecule has 3 aromatic heterocycles. The molecule has 3 aliphatic rings. The molecule has 2 saturated heterocycles. The van der Waals surface area contributed by atoms with Gasteiger partial charge in [0.1, 0.15) is 24.1 Å². The number of ether oxygens (including phenoxy) is 2. The van der Waals surface area contributed by atoms with Crippen LogP contribution in [-0.2, 0) is 19.1 Å². The number of nitrogens with one attached hydrogen (secondary N) is 2. The standard InChI is InChI=1S/C32H30ClN11O5/c1-17-23(6-3-19(13-34)26(17)33)44-31(46)27-24(7-8-43(27)32(44)47)49-12-11-48-10-9-42-25(45)15-36-29-30(42)40-22(14-35-29)20-4-5-21(39-18(20)2)28-37-16-38-41-28/h3-6,14,16,24,27H,7-12,15H2,1-2H3,(H,35,36)(H,37,38,41)/t24-,27+/m1/s1. The maximum atomic E-state index is 13.4. The first-order valence-electron chi connectivity index (χ1n) is 15.6. The molecule has 2 atom stereocenters. The Morgan fingerprint density at radius 1 is 1.06 bits per heavy atom. The normalized spacial score (nSPS) is 18.5. The van der Waals surface area contributed by atoms with Gasteiger partial charge in [0, 0.05) is 17.8 Å². The number of halogens is 1. The van der Waals surface area contributed by atoms with E-state index in [2.05, 4.69) is 30.5 Å². The predicted octanol–water partition coefficient (Wildman–Crippen LogP) is 2.87. The number of fused-ring (bicyclic) bond motifs is 2. The number of hydrogen-bond acceptors (Lipinski definition) is 12. The maximum Gasteiger partial charge on any atom is 0.332 e. The van der Waals surface area contributed by atoms with Crippen LogP contribution in [0.15, 0.2) is 36.8 Å². The molecule has 7 rings (SSSR count). The van der Waals surface area contributed by atoms with Crippen LogP contribution in [0.25, 0.3) is 22.8 Å². The smallest absolute Gasteiger partial charge is 0.332 e. The van der Waals surface area contributed by atoms with E-state index in [0.717, 1.165) is 10.5 Å². The highest BCUT2D eigenvalue weighted by molar-refractivity contribution is 6.33. The van der Waals surface area contributed by atoms with E-state index in [0.29, 0.717) is 58.8 Å². The van der Waals surface area contributed by atoms with Gasteiger partial charge in [-0.05, 0) is 50.1 Å². The third kappa shape index (κ3) is 5.81. The van der Waals surface area contributed by atoms with Crippen molar-refractivity contribution in [3.8, 4) is 28.8 Å². The van der Waals surface area contributed by atoms with Crippen LogP contribution in [0.1, 0.15) is 23.2 Å². The number of rotatable bonds is 10. The Morgan fingerprint density at radius 3 is 2.69 bits per heavy atom. The SMILES string of the molecule is Cc1nc(-c2nc[nH]n2)ccc1-c1cnc2c(n1)N(CCOCCO[C@@H]1CCN3C(=O)N(c4ccc(C#N)c(Cl)c4C)C(=O)[C@H]13)C(=O)CN2. The molecule has 0 radical (unpaired) electrons. The zero-order chi connectivity index (χ0) is 34.2. The van der Waals surface area contributed by atoms with Crippen LogP contribution in [0.5, 0.6) is 0 Å². The van der Waals surface area contributed by atoms with Crippen LogP contribution >= 0.6 is 11.6 Å². The van der Waals surface area contributed by atoms with Gasteiger partial charge in [-0.25, -0.2) is 29.6 Å². The first kappa shape index (κ1) is 32.1. The van der Waals surface area contributed by atoms with Crippen molar-refractivity contribution < 1.29 is 23.9 Å². The Labute approximate surface area is 285 Å². The zero-order valence-corrected chi connectivity index (χ0v) is 27.3. The number of benzene rings is 1. The molecule has 6 heterocycles. The fourth-order valence-electron chi connectivity index (χ4n) is 6.26. The van der Waals surface area contributed by atoms with E-state index in [1.807, 2.05) is 19.1 Å². The second-order valence-electron chi connectivity index (χ2n) is 11.6. The van der Waals surface area contributed by atoms with Crippen molar-refractivity contribution >= 4 is 46.8 Å². The van der Waals surface area contributed by atoms with Crippen LogP contribution in [0.2, 0.25) is 5.02 Å². The number of carbonyl (C=O) groups is 3. The number of urea groups is 1. The van der Waals surface area contributed by atoms with Crippen LogP contribution < -0.4 is 15.1 Å². The second kappa shape index (κ2) is 13.2. The average Bonchev–Trinajstić information content (AvgIpc) is 3.84. The molecule has 4 aromatic rings. The molecule has 49 heavy (non-hydrogen) atoms. The molecule has 0 aliphatic carbocycles. The quantitative estimate of drug-likeness (QED) is 0.184. The Hall–Kier alpha value is -5.50.